The molecular formula is C16H14N6O2S2. The van der Waals surface area contributed by atoms with E-state index in [1.165, 1.54) is 29.4 Å². The Morgan fingerprint density at radius 1 is 1.35 bits per heavy atom. The normalized spacial score (nSPS) is 11.1. The molecule has 8 nitrogen and oxygen atoms in total. The van der Waals surface area contributed by atoms with Gasteiger partial charge in [0.15, 0.2) is 10.8 Å². The summed E-state index contributed by atoms with van der Waals surface area (Å²) in [5.74, 6) is 0.861. The molecule has 4 aromatic rings. The lowest BCUT2D eigenvalue weighted by Gasteiger charge is -2.02. The SMILES string of the molecule is CCOc1ccc2nc(NC(=O)CSc3ncnc4nc[nH]c34)sc2c1. The molecule has 0 aliphatic carbocycles. The minimum Gasteiger partial charge on any atom is -0.494 e. The fourth-order valence-corrected chi connectivity index (χ4v) is 4.02. The van der Waals surface area contributed by atoms with Gasteiger partial charge in [0.1, 0.15) is 22.6 Å². The molecule has 1 aromatic carbocycles. The van der Waals surface area contributed by atoms with E-state index >= 15 is 0 Å². The number of fused-ring (bicyclic) bond motifs is 2. The third kappa shape index (κ3) is 3.46. The van der Waals surface area contributed by atoms with Gasteiger partial charge in [-0.25, -0.2) is 19.9 Å². The maximum Gasteiger partial charge on any atom is 0.236 e. The number of thiazole rings is 1. The Bertz CT molecular complexity index is 1080. The first kappa shape index (κ1) is 16.7. The van der Waals surface area contributed by atoms with E-state index in [4.69, 9.17) is 4.74 Å². The summed E-state index contributed by atoms with van der Waals surface area (Å²) in [6.45, 7) is 2.55. The number of nitrogens with zero attached hydrogens (tertiary/aromatic N) is 4. The van der Waals surface area contributed by atoms with Crippen LogP contribution < -0.4 is 10.1 Å². The van der Waals surface area contributed by atoms with Crippen molar-refractivity contribution in [3.05, 3.63) is 30.9 Å². The fourth-order valence-electron chi connectivity index (χ4n) is 2.36. The molecular weight excluding hydrogens is 372 g/mol. The van der Waals surface area contributed by atoms with E-state index in [0.717, 1.165) is 21.5 Å². The van der Waals surface area contributed by atoms with Gasteiger partial charge >= 0.3 is 0 Å². The second-order valence-corrected chi connectivity index (χ2v) is 7.19. The molecule has 132 valence electrons. The maximum atomic E-state index is 12.2. The summed E-state index contributed by atoms with van der Waals surface area (Å²) in [7, 11) is 0. The van der Waals surface area contributed by atoms with Crippen molar-refractivity contribution in [2.75, 3.05) is 17.7 Å². The van der Waals surface area contributed by atoms with Crippen molar-refractivity contribution in [1.82, 2.24) is 24.9 Å². The van der Waals surface area contributed by atoms with E-state index < -0.39 is 0 Å². The lowest BCUT2D eigenvalue weighted by Crippen LogP contribution is -2.13. The zero-order valence-electron chi connectivity index (χ0n) is 13.7. The second-order valence-electron chi connectivity index (χ2n) is 5.20. The molecule has 0 radical (unpaired) electrons. The number of H-pyrrole nitrogens is 1. The number of carbonyl (C=O) groups excluding carboxylic acids is 1. The van der Waals surface area contributed by atoms with Gasteiger partial charge in [-0.15, -0.1) is 0 Å². The highest BCUT2D eigenvalue weighted by Gasteiger charge is 2.12. The summed E-state index contributed by atoms with van der Waals surface area (Å²) in [4.78, 5) is 32.0. The van der Waals surface area contributed by atoms with Gasteiger partial charge in [-0.2, -0.15) is 0 Å². The molecule has 0 spiro atoms. The number of imidazole rings is 1. The van der Waals surface area contributed by atoms with Gasteiger partial charge in [0, 0.05) is 0 Å². The summed E-state index contributed by atoms with van der Waals surface area (Å²) in [6, 6.07) is 5.69. The van der Waals surface area contributed by atoms with Gasteiger partial charge < -0.3 is 15.0 Å². The van der Waals surface area contributed by atoms with Crippen LogP contribution in [-0.2, 0) is 4.79 Å². The van der Waals surface area contributed by atoms with Gasteiger partial charge in [-0.05, 0) is 25.1 Å². The smallest absolute Gasteiger partial charge is 0.236 e. The van der Waals surface area contributed by atoms with Crippen molar-refractivity contribution in [2.24, 2.45) is 0 Å². The van der Waals surface area contributed by atoms with Gasteiger partial charge in [-0.1, -0.05) is 23.1 Å². The summed E-state index contributed by atoms with van der Waals surface area (Å²) in [6.07, 6.45) is 2.99. The number of hydrogen-bond donors (Lipinski definition) is 2. The topological polar surface area (TPSA) is 106 Å². The number of benzene rings is 1. The van der Waals surface area contributed by atoms with Crippen LogP contribution in [0.25, 0.3) is 21.4 Å². The van der Waals surface area contributed by atoms with Gasteiger partial charge in [0.2, 0.25) is 5.91 Å². The molecule has 0 saturated heterocycles. The van der Waals surface area contributed by atoms with Crippen molar-refractivity contribution in [3.8, 4) is 5.75 Å². The average molecular weight is 386 g/mol. The Morgan fingerprint density at radius 2 is 2.27 bits per heavy atom. The minimum absolute atomic E-state index is 0.148. The molecule has 3 heterocycles. The highest BCUT2D eigenvalue weighted by molar-refractivity contribution is 8.00. The molecule has 0 atom stereocenters. The highest BCUT2D eigenvalue weighted by atomic mass is 32.2. The standard InChI is InChI=1S/C16H14N6O2S2/c1-2-24-9-3-4-10-11(5-9)26-16(21-10)22-12(23)6-25-15-13-14(18-7-17-13)19-8-20-15/h3-5,7-8H,2,6H2,1H3,(H,21,22,23)(H,17,18,19,20). The Labute approximate surface area is 156 Å². The van der Waals surface area contributed by atoms with E-state index in [1.54, 1.807) is 6.33 Å². The third-order valence-corrected chi connectivity index (χ3v) is 5.37. The van der Waals surface area contributed by atoms with Crippen molar-refractivity contribution >= 4 is 55.5 Å². The molecule has 26 heavy (non-hydrogen) atoms. The summed E-state index contributed by atoms with van der Waals surface area (Å²) in [5.41, 5.74) is 2.14. The van der Waals surface area contributed by atoms with E-state index in [1.807, 2.05) is 25.1 Å². The van der Waals surface area contributed by atoms with Crippen molar-refractivity contribution < 1.29 is 9.53 Å². The van der Waals surface area contributed by atoms with E-state index in [0.29, 0.717) is 22.4 Å². The molecule has 0 saturated carbocycles. The Balaban J connectivity index is 1.43. The molecule has 0 unspecified atom stereocenters. The molecule has 4 rings (SSSR count). The number of carbonyl (C=O) groups is 1. The highest BCUT2D eigenvalue weighted by Crippen LogP contribution is 2.29. The molecule has 0 bridgehead atoms. The number of rotatable bonds is 6. The van der Waals surface area contributed by atoms with Gasteiger partial charge in [-0.3, -0.25) is 4.79 Å². The first-order chi connectivity index (χ1) is 12.7. The molecule has 2 N–H and O–H groups in total. The van der Waals surface area contributed by atoms with Crippen LogP contribution in [0.2, 0.25) is 0 Å². The lowest BCUT2D eigenvalue weighted by atomic mass is 10.3. The summed E-state index contributed by atoms with van der Waals surface area (Å²) >= 11 is 2.74. The second kappa shape index (κ2) is 7.26. The molecule has 10 heteroatoms. The van der Waals surface area contributed by atoms with Crippen LogP contribution in [0.1, 0.15) is 6.92 Å². The quantitative estimate of drug-likeness (QED) is 0.387. The monoisotopic (exact) mass is 386 g/mol. The van der Waals surface area contributed by atoms with E-state index in [9.17, 15) is 4.79 Å². The number of amides is 1. The van der Waals surface area contributed by atoms with Crippen molar-refractivity contribution in [1.29, 1.82) is 0 Å². The lowest BCUT2D eigenvalue weighted by molar-refractivity contribution is -0.113. The molecule has 0 aliphatic heterocycles. The summed E-state index contributed by atoms with van der Waals surface area (Å²) < 4.78 is 6.45. The molecule has 1 amide bonds. The number of aromatic amines is 1. The van der Waals surface area contributed by atoms with Gasteiger partial charge in [0.05, 0.1) is 28.9 Å². The molecule has 3 aromatic heterocycles. The van der Waals surface area contributed by atoms with Crippen LogP contribution in [0.15, 0.2) is 35.9 Å². The van der Waals surface area contributed by atoms with E-state index in [-0.39, 0.29) is 11.7 Å². The molecule has 0 aliphatic rings. The van der Waals surface area contributed by atoms with Crippen LogP contribution in [-0.4, -0.2) is 43.2 Å². The van der Waals surface area contributed by atoms with Crippen LogP contribution in [0.4, 0.5) is 5.13 Å². The van der Waals surface area contributed by atoms with Crippen molar-refractivity contribution in [2.45, 2.75) is 11.9 Å². The fraction of sp³-hybridized carbons (Fsp3) is 0.188. The predicted octanol–water partition coefficient (Wildman–Crippen LogP) is 3.09. The number of anilines is 1. The number of hydrogen-bond acceptors (Lipinski definition) is 8. The van der Waals surface area contributed by atoms with Crippen LogP contribution in [0.5, 0.6) is 5.75 Å². The zero-order chi connectivity index (χ0) is 17.9. The van der Waals surface area contributed by atoms with E-state index in [2.05, 4.69) is 30.2 Å². The largest absolute Gasteiger partial charge is 0.494 e. The Kier molecular flexibility index (Phi) is 4.67. The van der Waals surface area contributed by atoms with Crippen LogP contribution in [0.3, 0.4) is 0 Å². The van der Waals surface area contributed by atoms with Crippen molar-refractivity contribution in [3.63, 3.8) is 0 Å². The van der Waals surface area contributed by atoms with Crippen LogP contribution >= 0.6 is 23.1 Å². The number of aromatic nitrogens is 5. The van der Waals surface area contributed by atoms with Gasteiger partial charge in [0.25, 0.3) is 0 Å². The minimum atomic E-state index is -0.148. The third-order valence-electron chi connectivity index (χ3n) is 3.45. The number of thioether (sulfide) groups is 1. The molecule has 0 fully saturated rings. The number of ether oxygens (including phenoxy) is 1. The van der Waals surface area contributed by atoms with Crippen LogP contribution in [0, 0.1) is 0 Å². The first-order valence-corrected chi connectivity index (χ1v) is 9.63. The first-order valence-electron chi connectivity index (χ1n) is 7.83. The number of nitrogens with one attached hydrogen (secondary N) is 2. The average Bonchev–Trinajstić information content (AvgIpc) is 3.26. The Hall–Kier alpha value is -2.72. The maximum absolute atomic E-state index is 12.2. The predicted molar refractivity (Wildman–Crippen MR) is 102 cm³/mol. The zero-order valence-corrected chi connectivity index (χ0v) is 15.4. The Morgan fingerprint density at radius 3 is 3.15 bits per heavy atom. The summed E-state index contributed by atoms with van der Waals surface area (Å²) in [5, 5.41) is 4.08.